The first-order valence-electron chi connectivity index (χ1n) is 7.62. The summed E-state index contributed by atoms with van der Waals surface area (Å²) < 4.78 is 24.3. The maximum Gasteiger partial charge on any atom is 0.127 e. The number of nitrogens with two attached hydrogens (primary N) is 1. The van der Waals surface area contributed by atoms with Crippen LogP contribution in [0.2, 0.25) is 0 Å². The lowest BCUT2D eigenvalue weighted by atomic mass is 10.1. The minimum Gasteiger partial charge on any atom is -0.493 e. The summed E-state index contributed by atoms with van der Waals surface area (Å²) in [6, 6.07) is 13.6. The van der Waals surface area contributed by atoms with Gasteiger partial charge in [-0.1, -0.05) is 6.42 Å². The van der Waals surface area contributed by atoms with E-state index in [1.54, 1.807) is 12.1 Å². The van der Waals surface area contributed by atoms with Crippen molar-refractivity contribution >= 4 is 12.4 Å². The molecule has 0 radical (unpaired) electrons. The van der Waals surface area contributed by atoms with Gasteiger partial charge in [0.05, 0.1) is 6.61 Å². The normalized spacial score (nSPS) is 19.9. The molecule has 1 aliphatic carbocycles. The Kier molecular flexibility index (Phi) is 6.25. The van der Waals surface area contributed by atoms with Crippen molar-refractivity contribution < 1.29 is 13.9 Å². The Morgan fingerprint density at radius 3 is 2.04 bits per heavy atom. The maximum absolute atomic E-state index is 12.8. The lowest BCUT2D eigenvalue weighted by Gasteiger charge is -2.16. The summed E-state index contributed by atoms with van der Waals surface area (Å²) in [6.45, 7) is 0.666. The Morgan fingerprint density at radius 1 is 0.913 bits per heavy atom. The quantitative estimate of drug-likeness (QED) is 0.870. The lowest BCUT2D eigenvalue weighted by molar-refractivity contribution is 0.239. The van der Waals surface area contributed by atoms with Crippen LogP contribution in [0.5, 0.6) is 17.2 Å². The van der Waals surface area contributed by atoms with Crippen molar-refractivity contribution in [3.05, 3.63) is 54.3 Å². The minimum atomic E-state index is -0.277. The van der Waals surface area contributed by atoms with E-state index in [1.165, 1.54) is 18.6 Å². The highest BCUT2D eigenvalue weighted by molar-refractivity contribution is 5.85. The van der Waals surface area contributed by atoms with Crippen molar-refractivity contribution in [2.45, 2.75) is 25.3 Å². The molecule has 0 heterocycles. The third kappa shape index (κ3) is 4.85. The largest absolute Gasteiger partial charge is 0.493 e. The molecule has 3 rings (SSSR count). The van der Waals surface area contributed by atoms with E-state index in [1.807, 2.05) is 24.3 Å². The molecule has 0 bridgehead atoms. The van der Waals surface area contributed by atoms with Crippen molar-refractivity contribution in [1.82, 2.24) is 0 Å². The number of halogens is 2. The van der Waals surface area contributed by atoms with E-state index in [0.29, 0.717) is 24.0 Å². The second kappa shape index (κ2) is 8.18. The van der Waals surface area contributed by atoms with Crippen LogP contribution in [0.4, 0.5) is 4.39 Å². The van der Waals surface area contributed by atoms with E-state index >= 15 is 0 Å². The summed E-state index contributed by atoms with van der Waals surface area (Å²) in [6.07, 6.45) is 3.44. The van der Waals surface area contributed by atoms with Crippen molar-refractivity contribution in [1.29, 1.82) is 0 Å². The number of rotatable bonds is 5. The van der Waals surface area contributed by atoms with Crippen molar-refractivity contribution in [2.24, 2.45) is 11.7 Å². The van der Waals surface area contributed by atoms with Crippen LogP contribution in [-0.4, -0.2) is 12.6 Å². The van der Waals surface area contributed by atoms with E-state index in [4.69, 9.17) is 15.2 Å². The summed E-state index contributed by atoms with van der Waals surface area (Å²) in [5.74, 6) is 2.28. The molecule has 5 heteroatoms. The first-order chi connectivity index (χ1) is 10.7. The first kappa shape index (κ1) is 17.6. The fourth-order valence-corrected chi connectivity index (χ4v) is 2.72. The highest BCUT2D eigenvalue weighted by Crippen LogP contribution is 2.27. The minimum absolute atomic E-state index is 0. The van der Waals surface area contributed by atoms with Gasteiger partial charge >= 0.3 is 0 Å². The molecule has 0 aliphatic heterocycles. The van der Waals surface area contributed by atoms with E-state index in [2.05, 4.69) is 0 Å². The molecular weight excluding hydrogens is 317 g/mol. The van der Waals surface area contributed by atoms with E-state index in [9.17, 15) is 4.39 Å². The Labute approximate surface area is 142 Å². The zero-order chi connectivity index (χ0) is 15.4. The monoisotopic (exact) mass is 337 g/mol. The fraction of sp³-hybridized carbons (Fsp3) is 0.333. The van der Waals surface area contributed by atoms with E-state index in [-0.39, 0.29) is 24.3 Å². The molecule has 1 saturated carbocycles. The molecule has 1 aliphatic rings. The molecule has 0 unspecified atom stereocenters. The van der Waals surface area contributed by atoms with Gasteiger partial charge in [0.1, 0.15) is 23.1 Å². The van der Waals surface area contributed by atoms with Crippen LogP contribution in [-0.2, 0) is 0 Å². The summed E-state index contributed by atoms with van der Waals surface area (Å²) in [5, 5.41) is 0. The highest BCUT2D eigenvalue weighted by atomic mass is 35.5. The fourth-order valence-electron chi connectivity index (χ4n) is 2.72. The summed E-state index contributed by atoms with van der Waals surface area (Å²) in [7, 11) is 0. The zero-order valence-corrected chi connectivity index (χ0v) is 13.6. The molecule has 0 amide bonds. The molecule has 0 spiro atoms. The summed E-state index contributed by atoms with van der Waals surface area (Å²) in [5.41, 5.74) is 6.04. The third-order valence-corrected chi connectivity index (χ3v) is 4.06. The maximum atomic E-state index is 12.8. The summed E-state index contributed by atoms with van der Waals surface area (Å²) in [4.78, 5) is 0. The van der Waals surface area contributed by atoms with Crippen LogP contribution in [0.25, 0.3) is 0 Å². The van der Waals surface area contributed by atoms with Gasteiger partial charge in [0, 0.05) is 12.0 Å². The summed E-state index contributed by atoms with van der Waals surface area (Å²) >= 11 is 0. The van der Waals surface area contributed by atoms with Gasteiger partial charge in [-0.2, -0.15) is 0 Å². The number of hydrogen-bond donors (Lipinski definition) is 1. The zero-order valence-electron chi connectivity index (χ0n) is 12.8. The Hall–Kier alpha value is -1.78. The number of hydrogen-bond acceptors (Lipinski definition) is 3. The lowest BCUT2D eigenvalue weighted by Crippen LogP contribution is -2.28. The average Bonchev–Trinajstić information content (AvgIpc) is 2.94. The Balaban J connectivity index is 0.00000192. The number of benzene rings is 2. The van der Waals surface area contributed by atoms with Crippen LogP contribution in [0.15, 0.2) is 48.5 Å². The van der Waals surface area contributed by atoms with Gasteiger partial charge in [-0.3, -0.25) is 0 Å². The molecule has 23 heavy (non-hydrogen) atoms. The van der Waals surface area contributed by atoms with Crippen molar-refractivity contribution in [2.75, 3.05) is 6.61 Å². The Bertz CT molecular complexity index is 603. The predicted molar refractivity (Wildman–Crippen MR) is 91.0 cm³/mol. The van der Waals surface area contributed by atoms with Gasteiger partial charge in [-0.15, -0.1) is 12.4 Å². The van der Waals surface area contributed by atoms with E-state index in [0.717, 1.165) is 18.6 Å². The molecule has 2 aromatic carbocycles. The molecule has 1 fully saturated rings. The topological polar surface area (TPSA) is 44.5 Å². The molecule has 2 atom stereocenters. The molecule has 2 aromatic rings. The molecule has 3 nitrogen and oxygen atoms in total. The van der Waals surface area contributed by atoms with E-state index < -0.39 is 0 Å². The van der Waals surface area contributed by atoms with Crippen LogP contribution in [0.3, 0.4) is 0 Å². The Morgan fingerprint density at radius 2 is 1.48 bits per heavy atom. The van der Waals surface area contributed by atoms with Gasteiger partial charge in [-0.25, -0.2) is 4.39 Å². The van der Waals surface area contributed by atoms with Crippen molar-refractivity contribution in [3.63, 3.8) is 0 Å². The highest BCUT2D eigenvalue weighted by Gasteiger charge is 2.24. The molecule has 124 valence electrons. The molecule has 0 saturated heterocycles. The second-order valence-electron chi connectivity index (χ2n) is 5.69. The van der Waals surface area contributed by atoms with Gasteiger partial charge < -0.3 is 15.2 Å². The second-order valence-corrected chi connectivity index (χ2v) is 5.69. The smallest absolute Gasteiger partial charge is 0.127 e. The van der Waals surface area contributed by atoms with Crippen molar-refractivity contribution in [3.8, 4) is 17.2 Å². The molecule has 0 aromatic heterocycles. The van der Waals surface area contributed by atoms with Gasteiger partial charge in [0.15, 0.2) is 0 Å². The average molecular weight is 338 g/mol. The van der Waals surface area contributed by atoms with Crippen LogP contribution in [0, 0.1) is 11.7 Å². The molecule has 2 N–H and O–H groups in total. The van der Waals surface area contributed by atoms with Crippen LogP contribution in [0.1, 0.15) is 19.3 Å². The molecular formula is C18H21ClFNO2. The van der Waals surface area contributed by atoms with Crippen LogP contribution >= 0.6 is 12.4 Å². The third-order valence-electron chi connectivity index (χ3n) is 4.06. The first-order valence-corrected chi connectivity index (χ1v) is 7.62. The SMILES string of the molecule is Cl.N[C@@H]1CCC[C@@H]1COc1ccc(Oc2ccc(F)cc2)cc1. The van der Waals surface area contributed by atoms with Gasteiger partial charge in [-0.05, 0) is 61.4 Å². The standard InChI is InChI=1S/C18H20FNO2.ClH/c19-14-4-6-16(7-5-14)22-17-10-8-15(9-11-17)21-12-13-2-1-3-18(13)20;/h4-11,13,18H,1-3,12,20H2;1H/t13-,18-;/m1./s1. The number of ether oxygens (including phenoxy) is 2. The van der Waals surface area contributed by atoms with Gasteiger partial charge in [0.2, 0.25) is 0 Å². The van der Waals surface area contributed by atoms with Crippen LogP contribution < -0.4 is 15.2 Å². The van der Waals surface area contributed by atoms with Gasteiger partial charge in [0.25, 0.3) is 0 Å². The predicted octanol–water partition coefficient (Wildman–Crippen LogP) is 4.55.